The van der Waals surface area contributed by atoms with Crippen LogP contribution in [0.25, 0.3) is 0 Å². The van der Waals surface area contributed by atoms with E-state index >= 15 is 0 Å². The van der Waals surface area contributed by atoms with Gasteiger partial charge < -0.3 is 9.88 Å². The van der Waals surface area contributed by atoms with Gasteiger partial charge in [0.1, 0.15) is 0 Å². The second-order valence-electron chi connectivity index (χ2n) is 6.24. The van der Waals surface area contributed by atoms with Crippen LogP contribution in [0.1, 0.15) is 22.5 Å². The molecule has 0 unspecified atom stereocenters. The number of nitrogens with zero attached hydrogens (tertiary/aromatic N) is 3. The normalized spacial score (nSPS) is 21.3. The van der Waals surface area contributed by atoms with Gasteiger partial charge in [0.05, 0.1) is 30.3 Å². The molecule has 0 fully saturated rings. The molecular formula is C17H20N4O. The molecule has 1 aromatic heterocycles. The molecule has 0 radical (unpaired) electrons. The van der Waals surface area contributed by atoms with E-state index in [9.17, 15) is 4.79 Å². The number of fused-ring (bicyclic) bond motifs is 2. The molecule has 2 aliphatic heterocycles. The van der Waals surface area contributed by atoms with E-state index in [4.69, 9.17) is 0 Å². The van der Waals surface area contributed by atoms with Gasteiger partial charge in [-0.05, 0) is 24.6 Å². The highest BCUT2D eigenvalue weighted by molar-refractivity contribution is 5.82. The molecule has 1 N–H and O–H groups in total. The number of imidazole rings is 1. The third kappa shape index (κ3) is 2.22. The van der Waals surface area contributed by atoms with Crippen molar-refractivity contribution in [2.45, 2.75) is 32.0 Å². The quantitative estimate of drug-likeness (QED) is 0.864. The number of H-pyrrole nitrogens is 1. The fourth-order valence-corrected chi connectivity index (χ4v) is 3.54. The Morgan fingerprint density at radius 1 is 1.27 bits per heavy atom. The smallest absolute Gasteiger partial charge is 0.240 e. The van der Waals surface area contributed by atoms with Crippen molar-refractivity contribution in [2.75, 3.05) is 13.6 Å². The third-order valence-corrected chi connectivity index (χ3v) is 4.86. The molecule has 3 heterocycles. The maximum Gasteiger partial charge on any atom is 0.240 e. The number of amides is 1. The highest BCUT2D eigenvalue weighted by Gasteiger charge is 2.33. The van der Waals surface area contributed by atoms with Crippen LogP contribution in [0.3, 0.4) is 0 Å². The Morgan fingerprint density at radius 3 is 2.95 bits per heavy atom. The first kappa shape index (κ1) is 13.5. The molecule has 22 heavy (non-hydrogen) atoms. The molecule has 0 saturated carbocycles. The molecule has 0 saturated heterocycles. The molecule has 1 amide bonds. The summed E-state index contributed by atoms with van der Waals surface area (Å²) >= 11 is 0. The van der Waals surface area contributed by atoms with Crippen molar-refractivity contribution < 1.29 is 4.79 Å². The summed E-state index contributed by atoms with van der Waals surface area (Å²) in [5, 5.41) is 0. The maximum absolute atomic E-state index is 13.0. The average Bonchev–Trinajstić information content (AvgIpc) is 3.01. The number of hydrogen-bond donors (Lipinski definition) is 1. The Kier molecular flexibility index (Phi) is 3.22. The summed E-state index contributed by atoms with van der Waals surface area (Å²) in [5.74, 6) is 0.234. The number of nitrogens with one attached hydrogen (secondary N) is 1. The fraction of sp³-hybridized carbons (Fsp3) is 0.412. The van der Waals surface area contributed by atoms with Gasteiger partial charge in [0.2, 0.25) is 5.91 Å². The van der Waals surface area contributed by atoms with Crippen LogP contribution in [-0.2, 0) is 30.7 Å². The second-order valence-corrected chi connectivity index (χ2v) is 6.24. The molecule has 5 nitrogen and oxygen atoms in total. The van der Waals surface area contributed by atoms with Crippen LogP contribution < -0.4 is 0 Å². The van der Waals surface area contributed by atoms with Crippen LogP contribution in [0.15, 0.2) is 30.6 Å². The first-order chi connectivity index (χ1) is 10.7. The van der Waals surface area contributed by atoms with Gasteiger partial charge >= 0.3 is 0 Å². The Labute approximate surface area is 130 Å². The minimum absolute atomic E-state index is 0.0561. The zero-order valence-corrected chi connectivity index (χ0v) is 12.7. The highest BCUT2D eigenvalue weighted by atomic mass is 16.2. The maximum atomic E-state index is 13.0. The molecule has 5 heteroatoms. The lowest BCUT2D eigenvalue weighted by atomic mass is 9.93. The Balaban J connectivity index is 1.54. The fourth-order valence-electron chi connectivity index (χ4n) is 3.54. The van der Waals surface area contributed by atoms with E-state index < -0.39 is 0 Å². The average molecular weight is 296 g/mol. The number of aromatic nitrogens is 2. The summed E-state index contributed by atoms with van der Waals surface area (Å²) < 4.78 is 0. The first-order valence-corrected chi connectivity index (χ1v) is 7.79. The third-order valence-electron chi connectivity index (χ3n) is 4.86. The Hall–Kier alpha value is -2.14. The molecule has 0 aliphatic carbocycles. The van der Waals surface area contributed by atoms with Crippen LogP contribution in [0, 0.1) is 0 Å². The van der Waals surface area contributed by atoms with E-state index in [0.717, 1.165) is 37.3 Å². The summed E-state index contributed by atoms with van der Waals surface area (Å²) in [4.78, 5) is 24.6. The zero-order chi connectivity index (χ0) is 15.1. The van der Waals surface area contributed by atoms with Gasteiger partial charge in [0.15, 0.2) is 0 Å². The molecule has 4 rings (SSSR count). The largest absolute Gasteiger partial charge is 0.347 e. The van der Waals surface area contributed by atoms with Gasteiger partial charge in [-0.3, -0.25) is 9.69 Å². The predicted molar refractivity (Wildman–Crippen MR) is 83.1 cm³/mol. The summed E-state index contributed by atoms with van der Waals surface area (Å²) in [5.41, 5.74) is 4.83. The van der Waals surface area contributed by atoms with E-state index in [2.05, 4.69) is 39.1 Å². The number of carbonyl (C=O) groups excluding carboxylic acids is 1. The number of hydrogen-bond acceptors (Lipinski definition) is 3. The lowest BCUT2D eigenvalue weighted by molar-refractivity contribution is -0.138. The first-order valence-electron chi connectivity index (χ1n) is 7.79. The summed E-state index contributed by atoms with van der Waals surface area (Å²) in [7, 11) is 2.05. The molecule has 0 spiro atoms. The van der Waals surface area contributed by atoms with Gasteiger partial charge in [-0.2, -0.15) is 0 Å². The number of likely N-dealkylation sites (N-methyl/N-ethyl adjacent to an activating group) is 1. The molecule has 2 aliphatic rings. The highest BCUT2D eigenvalue weighted by Crippen LogP contribution is 2.24. The Morgan fingerprint density at radius 2 is 2.09 bits per heavy atom. The van der Waals surface area contributed by atoms with E-state index in [0.29, 0.717) is 6.54 Å². The summed E-state index contributed by atoms with van der Waals surface area (Å²) in [6, 6.07) is 8.37. The minimum Gasteiger partial charge on any atom is -0.347 e. The molecule has 0 bridgehead atoms. The van der Waals surface area contributed by atoms with Crippen LogP contribution in [0.4, 0.5) is 0 Å². The van der Waals surface area contributed by atoms with E-state index in [1.165, 1.54) is 11.1 Å². The van der Waals surface area contributed by atoms with Crippen molar-refractivity contribution in [3.8, 4) is 0 Å². The van der Waals surface area contributed by atoms with Gasteiger partial charge in [-0.1, -0.05) is 24.3 Å². The molecule has 114 valence electrons. The van der Waals surface area contributed by atoms with E-state index in [-0.39, 0.29) is 11.9 Å². The summed E-state index contributed by atoms with van der Waals surface area (Å²) in [6.07, 6.45) is 3.37. The van der Waals surface area contributed by atoms with E-state index in [1.54, 1.807) is 6.33 Å². The monoisotopic (exact) mass is 296 g/mol. The number of benzene rings is 1. The van der Waals surface area contributed by atoms with Crippen molar-refractivity contribution in [3.05, 3.63) is 53.1 Å². The zero-order valence-electron chi connectivity index (χ0n) is 12.7. The molecular weight excluding hydrogens is 276 g/mol. The van der Waals surface area contributed by atoms with Crippen molar-refractivity contribution in [3.63, 3.8) is 0 Å². The van der Waals surface area contributed by atoms with Gasteiger partial charge in [-0.15, -0.1) is 0 Å². The molecule has 2 aromatic rings. The topological polar surface area (TPSA) is 52.2 Å². The predicted octanol–water partition coefficient (Wildman–Crippen LogP) is 1.35. The van der Waals surface area contributed by atoms with Crippen molar-refractivity contribution in [1.29, 1.82) is 0 Å². The van der Waals surface area contributed by atoms with E-state index in [1.807, 2.05) is 11.9 Å². The van der Waals surface area contributed by atoms with Crippen LogP contribution in [-0.4, -0.2) is 45.3 Å². The lowest BCUT2D eigenvalue weighted by Crippen LogP contribution is -2.51. The number of carbonyl (C=O) groups is 1. The summed E-state index contributed by atoms with van der Waals surface area (Å²) in [6.45, 7) is 2.26. The standard InChI is InChI=1S/C17H20N4O/c1-20-9-13-5-3-2-4-12(13)8-16(20)17(22)21-7-6-14-15(10-21)19-11-18-14/h2-5,11,16H,6-10H2,1H3,(H,18,19)/t16-/m0/s1. The lowest BCUT2D eigenvalue weighted by Gasteiger charge is -2.37. The molecule has 1 atom stereocenters. The van der Waals surface area contributed by atoms with Crippen LogP contribution in [0.2, 0.25) is 0 Å². The minimum atomic E-state index is -0.0561. The Bertz CT molecular complexity index is 708. The SMILES string of the molecule is CN1Cc2ccccc2C[C@H]1C(=O)N1CCc2nc[nH]c2C1. The molecule has 1 aromatic carbocycles. The number of aromatic amines is 1. The van der Waals surface area contributed by atoms with Gasteiger partial charge in [-0.25, -0.2) is 4.98 Å². The van der Waals surface area contributed by atoms with Crippen LogP contribution >= 0.6 is 0 Å². The number of rotatable bonds is 1. The van der Waals surface area contributed by atoms with Gasteiger partial charge in [0, 0.05) is 19.5 Å². The second kappa shape index (κ2) is 5.25. The van der Waals surface area contributed by atoms with Crippen LogP contribution in [0.5, 0.6) is 0 Å². The van der Waals surface area contributed by atoms with Gasteiger partial charge in [0.25, 0.3) is 0 Å². The van der Waals surface area contributed by atoms with Crippen molar-refractivity contribution >= 4 is 5.91 Å². The van der Waals surface area contributed by atoms with Crippen molar-refractivity contribution in [1.82, 2.24) is 19.8 Å². The van der Waals surface area contributed by atoms with Crippen molar-refractivity contribution in [2.24, 2.45) is 0 Å².